The lowest BCUT2D eigenvalue weighted by atomic mass is 9.89. The summed E-state index contributed by atoms with van der Waals surface area (Å²) in [6.45, 7) is 2.29. The molecule has 0 heteroatoms. The van der Waals surface area contributed by atoms with E-state index in [4.69, 9.17) is 0 Å². The molecule has 1 aliphatic rings. The minimum atomic E-state index is 1.04. The summed E-state index contributed by atoms with van der Waals surface area (Å²) in [7, 11) is 0. The molecule has 0 heterocycles. The average Bonchev–Trinajstić information content (AvgIpc) is 2.15. The number of hydrogen-bond donors (Lipinski definition) is 0. The van der Waals surface area contributed by atoms with Crippen LogP contribution < -0.4 is 0 Å². The van der Waals surface area contributed by atoms with Crippen LogP contribution in [0.1, 0.15) is 71.1 Å². The van der Waals surface area contributed by atoms with E-state index in [0.29, 0.717) is 0 Å². The van der Waals surface area contributed by atoms with Gasteiger partial charge in [0, 0.05) is 0 Å². The molecular weight excluding hydrogens is 168 g/mol. The maximum atomic E-state index is 2.39. The molecule has 1 unspecified atom stereocenters. The van der Waals surface area contributed by atoms with Crippen molar-refractivity contribution in [2.24, 2.45) is 5.92 Å². The molecule has 0 N–H and O–H groups in total. The van der Waals surface area contributed by atoms with Gasteiger partial charge < -0.3 is 0 Å². The lowest BCUT2D eigenvalue weighted by molar-refractivity contribution is 0.389. The second kappa shape index (κ2) is 8.08. The van der Waals surface area contributed by atoms with E-state index in [1.54, 1.807) is 0 Å². The van der Waals surface area contributed by atoms with Gasteiger partial charge in [0.1, 0.15) is 0 Å². The van der Waals surface area contributed by atoms with Gasteiger partial charge in [0.2, 0.25) is 0 Å². The van der Waals surface area contributed by atoms with E-state index in [1.807, 2.05) is 0 Å². The van der Waals surface area contributed by atoms with Crippen LogP contribution in [-0.4, -0.2) is 0 Å². The van der Waals surface area contributed by atoms with E-state index in [-0.39, 0.29) is 0 Å². The third-order valence-corrected chi connectivity index (χ3v) is 3.36. The fourth-order valence-corrected chi connectivity index (χ4v) is 2.38. The lowest BCUT2D eigenvalue weighted by Gasteiger charge is -2.17. The van der Waals surface area contributed by atoms with Crippen molar-refractivity contribution in [3.8, 4) is 0 Å². The van der Waals surface area contributed by atoms with Crippen LogP contribution in [0.3, 0.4) is 0 Å². The third kappa shape index (κ3) is 5.47. The second-order valence-electron chi connectivity index (χ2n) is 4.70. The van der Waals surface area contributed by atoms with Gasteiger partial charge in [-0.15, -0.1) is 0 Å². The fraction of sp³-hybridized carbons (Fsp3) is 0.857. The Labute approximate surface area is 89.8 Å². The first kappa shape index (κ1) is 11.8. The molecule has 0 saturated heterocycles. The smallest absolute Gasteiger partial charge is 0.0348 e. The van der Waals surface area contributed by atoms with E-state index < -0.39 is 0 Å². The first-order valence-corrected chi connectivity index (χ1v) is 6.58. The minimum absolute atomic E-state index is 1.04. The number of unbranched alkanes of at least 4 members (excludes halogenated alkanes) is 3. The Hall–Kier alpha value is -0.260. The molecule has 82 valence electrons. The molecule has 0 nitrogen and oxygen atoms in total. The second-order valence-corrected chi connectivity index (χ2v) is 4.70. The van der Waals surface area contributed by atoms with Gasteiger partial charge >= 0.3 is 0 Å². The Morgan fingerprint density at radius 2 is 1.86 bits per heavy atom. The van der Waals surface area contributed by atoms with Crippen LogP contribution in [0, 0.1) is 5.92 Å². The highest BCUT2D eigenvalue weighted by Gasteiger charge is 2.08. The Kier molecular flexibility index (Phi) is 6.82. The molecule has 0 amide bonds. The number of allylic oxidation sites excluding steroid dienone is 2. The van der Waals surface area contributed by atoms with Gasteiger partial charge in [-0.25, -0.2) is 0 Å². The molecule has 0 aromatic rings. The normalized spacial score (nSPS) is 25.4. The van der Waals surface area contributed by atoms with E-state index in [9.17, 15) is 0 Å². The molecule has 0 spiro atoms. The summed E-state index contributed by atoms with van der Waals surface area (Å²) in [5.74, 6) is 1.04. The standard InChI is InChI=1S/C14H26/c1-2-3-4-8-11-14-12-9-6-5-7-10-13-14/h5-6,14H,2-4,7-13H2,1H3/b6-5-. The van der Waals surface area contributed by atoms with Crippen LogP contribution in [-0.2, 0) is 0 Å². The van der Waals surface area contributed by atoms with E-state index in [1.165, 1.54) is 64.2 Å². The van der Waals surface area contributed by atoms with Crippen molar-refractivity contribution < 1.29 is 0 Å². The maximum absolute atomic E-state index is 2.39. The predicted octanol–water partition coefficient (Wildman–Crippen LogP) is 5.09. The van der Waals surface area contributed by atoms with Crippen molar-refractivity contribution >= 4 is 0 Å². The van der Waals surface area contributed by atoms with E-state index in [2.05, 4.69) is 19.1 Å². The highest BCUT2D eigenvalue weighted by Crippen LogP contribution is 2.24. The zero-order valence-electron chi connectivity index (χ0n) is 9.80. The molecule has 1 rings (SSSR count). The molecule has 0 saturated carbocycles. The molecule has 1 atom stereocenters. The lowest BCUT2D eigenvalue weighted by Crippen LogP contribution is -2.01. The molecule has 1 aliphatic carbocycles. The molecule has 0 bridgehead atoms. The number of hydrogen-bond acceptors (Lipinski definition) is 0. The Bertz CT molecular complexity index is 146. The largest absolute Gasteiger partial charge is 0.0885 e. The Balaban J connectivity index is 2.06. The topological polar surface area (TPSA) is 0 Å². The van der Waals surface area contributed by atoms with Gasteiger partial charge in [0.25, 0.3) is 0 Å². The Morgan fingerprint density at radius 3 is 2.71 bits per heavy atom. The monoisotopic (exact) mass is 194 g/mol. The van der Waals surface area contributed by atoms with Crippen LogP contribution in [0.4, 0.5) is 0 Å². The maximum Gasteiger partial charge on any atom is -0.0348 e. The fourth-order valence-electron chi connectivity index (χ4n) is 2.38. The van der Waals surface area contributed by atoms with Gasteiger partial charge in [-0.1, -0.05) is 57.6 Å². The Morgan fingerprint density at radius 1 is 1.00 bits per heavy atom. The van der Waals surface area contributed by atoms with Gasteiger partial charge in [0.05, 0.1) is 0 Å². The summed E-state index contributed by atoms with van der Waals surface area (Å²) in [5, 5.41) is 0. The predicted molar refractivity (Wildman–Crippen MR) is 64.5 cm³/mol. The van der Waals surface area contributed by atoms with Gasteiger partial charge in [-0.05, 0) is 31.6 Å². The summed E-state index contributed by atoms with van der Waals surface area (Å²) >= 11 is 0. The minimum Gasteiger partial charge on any atom is -0.0885 e. The first-order chi connectivity index (χ1) is 6.93. The summed E-state index contributed by atoms with van der Waals surface area (Å²) in [6, 6.07) is 0. The highest BCUT2D eigenvalue weighted by molar-refractivity contribution is 4.84. The van der Waals surface area contributed by atoms with E-state index in [0.717, 1.165) is 5.92 Å². The first-order valence-electron chi connectivity index (χ1n) is 6.58. The SMILES string of the molecule is CCCCCCC1CC/C=C\CCC1. The summed E-state index contributed by atoms with van der Waals surface area (Å²) in [5.41, 5.74) is 0. The van der Waals surface area contributed by atoms with Crippen molar-refractivity contribution in [2.45, 2.75) is 71.1 Å². The van der Waals surface area contributed by atoms with Crippen LogP contribution in [0.15, 0.2) is 12.2 Å². The highest BCUT2D eigenvalue weighted by atomic mass is 14.1. The molecular formula is C14H26. The van der Waals surface area contributed by atoms with Crippen molar-refractivity contribution in [3.63, 3.8) is 0 Å². The average molecular weight is 194 g/mol. The van der Waals surface area contributed by atoms with Crippen molar-refractivity contribution in [1.29, 1.82) is 0 Å². The third-order valence-electron chi connectivity index (χ3n) is 3.36. The van der Waals surface area contributed by atoms with Crippen LogP contribution >= 0.6 is 0 Å². The zero-order chi connectivity index (χ0) is 10.1. The van der Waals surface area contributed by atoms with Crippen LogP contribution in [0.2, 0.25) is 0 Å². The van der Waals surface area contributed by atoms with Crippen molar-refractivity contribution in [1.82, 2.24) is 0 Å². The van der Waals surface area contributed by atoms with Crippen molar-refractivity contribution in [2.75, 3.05) is 0 Å². The van der Waals surface area contributed by atoms with Gasteiger partial charge in [0.15, 0.2) is 0 Å². The molecule has 0 aromatic carbocycles. The summed E-state index contributed by atoms with van der Waals surface area (Å²) in [6.07, 6.45) is 19.0. The van der Waals surface area contributed by atoms with Gasteiger partial charge in [-0.2, -0.15) is 0 Å². The number of rotatable bonds is 5. The molecule has 0 aliphatic heterocycles. The van der Waals surface area contributed by atoms with Crippen LogP contribution in [0.5, 0.6) is 0 Å². The summed E-state index contributed by atoms with van der Waals surface area (Å²) in [4.78, 5) is 0. The van der Waals surface area contributed by atoms with E-state index >= 15 is 0 Å². The van der Waals surface area contributed by atoms with Crippen LogP contribution in [0.25, 0.3) is 0 Å². The molecule has 0 radical (unpaired) electrons. The molecule has 0 fully saturated rings. The summed E-state index contributed by atoms with van der Waals surface area (Å²) < 4.78 is 0. The molecule has 14 heavy (non-hydrogen) atoms. The van der Waals surface area contributed by atoms with Crippen molar-refractivity contribution in [3.05, 3.63) is 12.2 Å². The molecule has 0 aromatic heterocycles. The zero-order valence-corrected chi connectivity index (χ0v) is 9.80. The quantitative estimate of drug-likeness (QED) is 0.422. The van der Waals surface area contributed by atoms with Gasteiger partial charge in [-0.3, -0.25) is 0 Å².